The van der Waals surface area contributed by atoms with Crippen molar-refractivity contribution >= 4 is 17.6 Å². The van der Waals surface area contributed by atoms with Gasteiger partial charge in [0.25, 0.3) is 5.91 Å². The van der Waals surface area contributed by atoms with Crippen LogP contribution in [0.5, 0.6) is 0 Å². The van der Waals surface area contributed by atoms with Crippen LogP contribution in [0.4, 0.5) is 10.2 Å². The summed E-state index contributed by atoms with van der Waals surface area (Å²) in [5.74, 6) is -0.980. The summed E-state index contributed by atoms with van der Waals surface area (Å²) < 4.78 is 14.4. The van der Waals surface area contributed by atoms with E-state index in [2.05, 4.69) is 15.6 Å². The zero-order chi connectivity index (χ0) is 20.8. The van der Waals surface area contributed by atoms with Crippen LogP contribution in [0, 0.1) is 19.7 Å². The minimum Gasteiger partial charge on any atom is -0.351 e. The average molecular weight is 391 g/mol. The van der Waals surface area contributed by atoms with Gasteiger partial charge in [0.2, 0.25) is 5.91 Å². The molecule has 6 heteroatoms. The quantitative estimate of drug-likeness (QED) is 0.659. The van der Waals surface area contributed by atoms with E-state index in [1.54, 1.807) is 18.2 Å². The number of nitrogens with zero attached hydrogens (tertiary/aromatic N) is 1. The summed E-state index contributed by atoms with van der Waals surface area (Å²) in [6.45, 7) is 3.90. The molecule has 1 heterocycles. The van der Waals surface area contributed by atoms with Gasteiger partial charge in [0.15, 0.2) is 0 Å². The topological polar surface area (TPSA) is 71.1 Å². The second kappa shape index (κ2) is 9.10. The molecule has 0 radical (unpaired) electrons. The van der Waals surface area contributed by atoms with Gasteiger partial charge in [0.05, 0.1) is 5.56 Å². The Labute approximate surface area is 169 Å². The number of hydrogen-bond donors (Lipinski definition) is 2. The summed E-state index contributed by atoms with van der Waals surface area (Å²) in [4.78, 5) is 28.4. The Kier molecular flexibility index (Phi) is 6.34. The molecule has 0 atom stereocenters. The third-order valence-corrected chi connectivity index (χ3v) is 4.39. The first-order valence-corrected chi connectivity index (χ1v) is 9.30. The van der Waals surface area contributed by atoms with Gasteiger partial charge in [-0.1, -0.05) is 42.0 Å². The third kappa shape index (κ3) is 5.48. The van der Waals surface area contributed by atoms with E-state index in [9.17, 15) is 14.0 Å². The molecular formula is C23H22FN3O2. The van der Waals surface area contributed by atoms with E-state index < -0.39 is 11.7 Å². The fourth-order valence-corrected chi connectivity index (χ4v) is 2.83. The number of aryl methyl sites for hydroxylation is 2. The molecule has 29 heavy (non-hydrogen) atoms. The first-order valence-electron chi connectivity index (χ1n) is 9.30. The predicted octanol–water partition coefficient (Wildman–Crippen LogP) is 4.26. The highest BCUT2D eigenvalue weighted by molar-refractivity contribution is 5.95. The van der Waals surface area contributed by atoms with Crippen LogP contribution in [-0.4, -0.2) is 23.3 Å². The lowest BCUT2D eigenvalue weighted by Crippen LogP contribution is -2.28. The minimum absolute atomic E-state index is 0.0541. The number of aromatic nitrogens is 1. The van der Waals surface area contributed by atoms with E-state index >= 15 is 0 Å². The first kappa shape index (κ1) is 20.2. The van der Waals surface area contributed by atoms with Crippen LogP contribution >= 0.6 is 0 Å². The molecule has 148 valence electrons. The molecule has 0 saturated carbocycles. The van der Waals surface area contributed by atoms with Gasteiger partial charge in [0, 0.05) is 18.7 Å². The van der Waals surface area contributed by atoms with Gasteiger partial charge in [0.1, 0.15) is 11.6 Å². The molecular weight excluding hydrogens is 369 g/mol. The number of anilines is 1. The van der Waals surface area contributed by atoms with Crippen LogP contribution in [-0.2, 0) is 4.79 Å². The Morgan fingerprint density at radius 2 is 1.69 bits per heavy atom. The molecule has 0 saturated heterocycles. The van der Waals surface area contributed by atoms with E-state index in [4.69, 9.17) is 0 Å². The normalized spacial score (nSPS) is 10.4. The molecule has 2 amide bonds. The van der Waals surface area contributed by atoms with Crippen LogP contribution in [0.1, 0.15) is 28.0 Å². The van der Waals surface area contributed by atoms with Gasteiger partial charge in [-0.3, -0.25) is 9.59 Å². The molecule has 2 aromatic carbocycles. The molecule has 0 aliphatic carbocycles. The molecule has 0 bridgehead atoms. The standard InChI is InChI=1S/C23H22FN3O2/c1-15-6-8-17(9-7-15)18-10-11-19(20(24)14-18)23(29)25-13-12-22(28)27-21-5-3-4-16(2)26-21/h3-11,14H,12-13H2,1-2H3,(H,25,29)(H,26,27,28). The highest BCUT2D eigenvalue weighted by Gasteiger charge is 2.13. The Hall–Kier alpha value is -3.54. The summed E-state index contributed by atoms with van der Waals surface area (Å²) in [6.07, 6.45) is 0.0600. The van der Waals surface area contributed by atoms with E-state index in [0.717, 1.165) is 16.8 Å². The maximum absolute atomic E-state index is 14.4. The number of rotatable bonds is 6. The van der Waals surface area contributed by atoms with Gasteiger partial charge in [-0.05, 0) is 49.2 Å². The van der Waals surface area contributed by atoms with Gasteiger partial charge in [-0.25, -0.2) is 9.37 Å². The molecule has 0 aliphatic rings. The number of benzene rings is 2. The number of carbonyl (C=O) groups excluding carboxylic acids is 2. The molecule has 0 unspecified atom stereocenters. The van der Waals surface area contributed by atoms with Gasteiger partial charge >= 0.3 is 0 Å². The molecule has 0 spiro atoms. The van der Waals surface area contributed by atoms with Crippen LogP contribution in [0.15, 0.2) is 60.7 Å². The van der Waals surface area contributed by atoms with Crippen molar-refractivity contribution in [2.24, 2.45) is 0 Å². The van der Waals surface area contributed by atoms with E-state index in [0.29, 0.717) is 11.4 Å². The smallest absolute Gasteiger partial charge is 0.254 e. The Balaban J connectivity index is 1.55. The highest BCUT2D eigenvalue weighted by Crippen LogP contribution is 2.22. The van der Waals surface area contributed by atoms with Crippen LogP contribution in [0.2, 0.25) is 0 Å². The van der Waals surface area contributed by atoms with Crippen molar-refractivity contribution in [2.75, 3.05) is 11.9 Å². The molecule has 2 N–H and O–H groups in total. The van der Waals surface area contributed by atoms with Crippen molar-refractivity contribution in [2.45, 2.75) is 20.3 Å². The summed E-state index contributed by atoms with van der Waals surface area (Å²) in [6, 6.07) is 17.5. The van der Waals surface area contributed by atoms with Gasteiger partial charge in [-0.2, -0.15) is 0 Å². The zero-order valence-corrected chi connectivity index (χ0v) is 16.3. The minimum atomic E-state index is -0.603. The number of halogens is 1. The number of nitrogens with one attached hydrogen (secondary N) is 2. The van der Waals surface area contributed by atoms with Crippen molar-refractivity contribution in [3.8, 4) is 11.1 Å². The highest BCUT2D eigenvalue weighted by atomic mass is 19.1. The van der Waals surface area contributed by atoms with Crippen LogP contribution < -0.4 is 10.6 Å². The van der Waals surface area contributed by atoms with Crippen molar-refractivity contribution in [1.29, 1.82) is 0 Å². The second-order valence-corrected chi connectivity index (χ2v) is 6.78. The fraction of sp³-hybridized carbons (Fsp3) is 0.174. The van der Waals surface area contributed by atoms with E-state index in [-0.39, 0.29) is 24.4 Å². The van der Waals surface area contributed by atoms with Crippen molar-refractivity contribution in [3.63, 3.8) is 0 Å². The predicted molar refractivity (Wildman–Crippen MR) is 111 cm³/mol. The molecule has 1 aromatic heterocycles. The average Bonchev–Trinajstić information content (AvgIpc) is 2.68. The van der Waals surface area contributed by atoms with Crippen molar-refractivity contribution in [3.05, 3.63) is 83.3 Å². The summed E-state index contributed by atoms with van der Waals surface area (Å²) >= 11 is 0. The monoisotopic (exact) mass is 391 g/mol. The Morgan fingerprint density at radius 3 is 2.38 bits per heavy atom. The largest absolute Gasteiger partial charge is 0.351 e. The van der Waals surface area contributed by atoms with E-state index in [1.165, 1.54) is 12.1 Å². The maximum Gasteiger partial charge on any atom is 0.254 e. The molecule has 0 aliphatic heterocycles. The molecule has 3 aromatic rings. The zero-order valence-electron chi connectivity index (χ0n) is 16.3. The number of carbonyl (C=O) groups is 2. The third-order valence-electron chi connectivity index (χ3n) is 4.39. The summed E-state index contributed by atoms with van der Waals surface area (Å²) in [7, 11) is 0. The maximum atomic E-state index is 14.4. The fourth-order valence-electron chi connectivity index (χ4n) is 2.83. The molecule has 0 fully saturated rings. The SMILES string of the molecule is Cc1ccc(-c2ccc(C(=O)NCCC(=O)Nc3cccc(C)n3)c(F)c2)cc1. The summed E-state index contributed by atoms with van der Waals surface area (Å²) in [5, 5.41) is 5.24. The van der Waals surface area contributed by atoms with Gasteiger partial charge in [-0.15, -0.1) is 0 Å². The lowest BCUT2D eigenvalue weighted by Gasteiger charge is -2.09. The van der Waals surface area contributed by atoms with E-state index in [1.807, 2.05) is 44.2 Å². The lowest BCUT2D eigenvalue weighted by molar-refractivity contribution is -0.116. The molecule has 5 nitrogen and oxygen atoms in total. The first-order chi connectivity index (χ1) is 13.9. The number of pyridine rings is 1. The molecule has 3 rings (SSSR count). The second-order valence-electron chi connectivity index (χ2n) is 6.78. The summed E-state index contributed by atoms with van der Waals surface area (Å²) in [5.41, 5.74) is 3.43. The Morgan fingerprint density at radius 1 is 0.966 bits per heavy atom. The van der Waals surface area contributed by atoms with Gasteiger partial charge < -0.3 is 10.6 Å². The van der Waals surface area contributed by atoms with Crippen molar-refractivity contribution in [1.82, 2.24) is 10.3 Å². The number of hydrogen-bond acceptors (Lipinski definition) is 3. The van der Waals surface area contributed by atoms with Crippen LogP contribution in [0.3, 0.4) is 0 Å². The number of amides is 2. The van der Waals surface area contributed by atoms with Crippen molar-refractivity contribution < 1.29 is 14.0 Å². The van der Waals surface area contributed by atoms with Crippen LogP contribution in [0.25, 0.3) is 11.1 Å². The Bertz CT molecular complexity index is 1030. The lowest BCUT2D eigenvalue weighted by atomic mass is 10.0.